The van der Waals surface area contributed by atoms with Gasteiger partial charge >= 0.3 is 6.18 Å². The molecule has 1 fully saturated rings. The van der Waals surface area contributed by atoms with E-state index >= 15 is 0 Å². The maximum atomic E-state index is 12.6. The summed E-state index contributed by atoms with van der Waals surface area (Å²) in [6, 6.07) is 0.735. The molecule has 0 radical (unpaired) electrons. The third-order valence-corrected chi connectivity index (χ3v) is 3.62. The van der Waals surface area contributed by atoms with Crippen molar-refractivity contribution >= 4 is 28.6 Å². The smallest absolute Gasteiger partial charge is 0.296 e. The Kier molecular flexibility index (Phi) is 3.98. The van der Waals surface area contributed by atoms with Crippen LogP contribution in [0, 0.1) is 0 Å². The highest BCUT2D eigenvalue weighted by Crippen LogP contribution is 2.31. The van der Waals surface area contributed by atoms with E-state index in [1.54, 1.807) is 0 Å². The van der Waals surface area contributed by atoms with E-state index in [1.165, 1.54) is 6.92 Å². The number of carbonyl (C=O) groups excluding carboxylic acids is 2. The summed E-state index contributed by atoms with van der Waals surface area (Å²) in [4.78, 5) is 30.8. The zero-order valence-electron chi connectivity index (χ0n) is 10.3. The number of aromatic nitrogens is 2. The van der Waals surface area contributed by atoms with E-state index in [-0.39, 0.29) is 35.1 Å². The molecule has 0 saturated carbocycles. The molecular formula is C11H10F3N3O2S. The summed E-state index contributed by atoms with van der Waals surface area (Å²) < 4.78 is 37.7. The molecule has 1 aromatic rings. The molecular weight excluding hydrogens is 295 g/mol. The summed E-state index contributed by atoms with van der Waals surface area (Å²) in [5.74, 6) is -0.445. The van der Waals surface area contributed by atoms with Gasteiger partial charge in [0.1, 0.15) is 17.8 Å². The number of carbonyl (C=O) groups is 2. The number of amides is 1. The summed E-state index contributed by atoms with van der Waals surface area (Å²) in [6.45, 7) is 1.54. The second kappa shape index (κ2) is 5.39. The molecule has 0 N–H and O–H groups in total. The minimum absolute atomic E-state index is 0.0935. The average Bonchev–Trinajstić information content (AvgIpc) is 2.68. The first-order valence-electron chi connectivity index (χ1n) is 5.64. The first-order valence-corrected chi connectivity index (χ1v) is 6.52. The van der Waals surface area contributed by atoms with Crippen LogP contribution in [-0.2, 0) is 15.8 Å². The Morgan fingerprint density at radius 3 is 2.75 bits per heavy atom. The van der Waals surface area contributed by atoms with Crippen molar-refractivity contribution in [1.82, 2.24) is 9.97 Å². The lowest BCUT2D eigenvalue weighted by molar-refractivity contribution is -0.141. The van der Waals surface area contributed by atoms with Crippen LogP contribution in [0.5, 0.6) is 0 Å². The maximum Gasteiger partial charge on any atom is 0.433 e. The SMILES string of the molecule is CC(=O)SC1CC(=O)N(c2cc(C(F)(F)F)ncn2)C1. The standard InChI is InChI=1S/C11H10F3N3O2S/c1-6(18)20-7-2-10(19)17(4-7)9-3-8(11(12,13)14)15-5-16-9/h3,5,7H,2,4H2,1H3. The number of nitrogens with zero attached hydrogens (tertiary/aromatic N) is 3. The first-order chi connectivity index (χ1) is 9.27. The molecule has 5 nitrogen and oxygen atoms in total. The largest absolute Gasteiger partial charge is 0.433 e. The van der Waals surface area contributed by atoms with Gasteiger partial charge in [0, 0.05) is 31.2 Å². The van der Waals surface area contributed by atoms with E-state index in [0.717, 1.165) is 29.1 Å². The van der Waals surface area contributed by atoms with Gasteiger partial charge in [0.15, 0.2) is 5.12 Å². The highest BCUT2D eigenvalue weighted by Gasteiger charge is 2.36. The molecule has 1 amide bonds. The van der Waals surface area contributed by atoms with Crippen LogP contribution in [0.15, 0.2) is 12.4 Å². The minimum atomic E-state index is -4.59. The summed E-state index contributed by atoms with van der Waals surface area (Å²) in [7, 11) is 0. The second-order valence-electron chi connectivity index (χ2n) is 4.20. The van der Waals surface area contributed by atoms with Gasteiger partial charge in [-0.2, -0.15) is 13.2 Å². The van der Waals surface area contributed by atoms with Crippen LogP contribution in [0.3, 0.4) is 0 Å². The van der Waals surface area contributed by atoms with E-state index in [0.29, 0.717) is 0 Å². The van der Waals surface area contributed by atoms with E-state index in [9.17, 15) is 22.8 Å². The van der Waals surface area contributed by atoms with Crippen LogP contribution in [0.4, 0.5) is 19.0 Å². The number of hydrogen-bond donors (Lipinski definition) is 0. The quantitative estimate of drug-likeness (QED) is 0.835. The Hall–Kier alpha value is -1.64. The van der Waals surface area contributed by atoms with Gasteiger partial charge in [-0.15, -0.1) is 0 Å². The van der Waals surface area contributed by atoms with E-state index in [1.807, 2.05) is 0 Å². The third kappa shape index (κ3) is 3.27. The molecule has 1 aliphatic heterocycles. The fourth-order valence-electron chi connectivity index (χ4n) is 1.86. The zero-order valence-corrected chi connectivity index (χ0v) is 11.2. The predicted molar refractivity (Wildman–Crippen MR) is 66.1 cm³/mol. The lowest BCUT2D eigenvalue weighted by Gasteiger charge is -2.16. The lowest BCUT2D eigenvalue weighted by Crippen LogP contribution is -2.26. The molecule has 2 rings (SSSR count). The highest BCUT2D eigenvalue weighted by atomic mass is 32.2. The molecule has 1 aliphatic rings. The van der Waals surface area contributed by atoms with Crippen molar-refractivity contribution in [2.45, 2.75) is 24.8 Å². The average molecular weight is 305 g/mol. The van der Waals surface area contributed by atoms with Crippen LogP contribution in [0.25, 0.3) is 0 Å². The van der Waals surface area contributed by atoms with Crippen molar-refractivity contribution in [3.8, 4) is 0 Å². The summed E-state index contributed by atoms with van der Waals surface area (Å²) in [5, 5.41) is -0.396. The van der Waals surface area contributed by atoms with Gasteiger partial charge in [0.25, 0.3) is 0 Å². The highest BCUT2D eigenvalue weighted by molar-refractivity contribution is 8.14. The van der Waals surface area contributed by atoms with Crippen LogP contribution < -0.4 is 4.90 Å². The number of thioether (sulfide) groups is 1. The lowest BCUT2D eigenvalue weighted by atomic mass is 10.3. The van der Waals surface area contributed by atoms with E-state index in [2.05, 4.69) is 9.97 Å². The van der Waals surface area contributed by atoms with Crippen molar-refractivity contribution in [1.29, 1.82) is 0 Å². The van der Waals surface area contributed by atoms with Crippen LogP contribution >= 0.6 is 11.8 Å². The zero-order chi connectivity index (χ0) is 14.9. The van der Waals surface area contributed by atoms with Crippen LogP contribution in [-0.4, -0.2) is 32.8 Å². The Bertz CT molecular complexity index is 550. The number of hydrogen-bond acceptors (Lipinski definition) is 5. The molecule has 0 aromatic carbocycles. The fraction of sp³-hybridized carbons (Fsp3) is 0.455. The number of anilines is 1. The topological polar surface area (TPSA) is 63.2 Å². The Labute approximate surface area is 116 Å². The van der Waals surface area contributed by atoms with Gasteiger partial charge in [-0.1, -0.05) is 11.8 Å². The van der Waals surface area contributed by atoms with Gasteiger partial charge in [0.05, 0.1) is 0 Å². The van der Waals surface area contributed by atoms with Crippen LogP contribution in [0.2, 0.25) is 0 Å². The van der Waals surface area contributed by atoms with E-state index < -0.39 is 11.9 Å². The van der Waals surface area contributed by atoms with Crippen molar-refractivity contribution in [2.24, 2.45) is 0 Å². The van der Waals surface area contributed by atoms with Gasteiger partial charge < -0.3 is 0 Å². The molecule has 0 spiro atoms. The molecule has 0 bridgehead atoms. The Morgan fingerprint density at radius 2 is 2.15 bits per heavy atom. The molecule has 9 heteroatoms. The fourth-order valence-corrected chi connectivity index (χ4v) is 2.78. The van der Waals surface area contributed by atoms with Gasteiger partial charge in [-0.3, -0.25) is 14.5 Å². The van der Waals surface area contributed by atoms with Gasteiger partial charge in [-0.05, 0) is 0 Å². The molecule has 108 valence electrons. The molecule has 1 unspecified atom stereocenters. The van der Waals surface area contributed by atoms with Crippen molar-refractivity contribution in [3.05, 3.63) is 18.1 Å². The maximum absolute atomic E-state index is 12.6. The number of alkyl halides is 3. The monoisotopic (exact) mass is 305 g/mol. The van der Waals surface area contributed by atoms with Gasteiger partial charge in [-0.25, -0.2) is 9.97 Å². The third-order valence-electron chi connectivity index (χ3n) is 2.64. The molecule has 1 atom stereocenters. The normalized spacial score (nSPS) is 19.5. The summed E-state index contributed by atoms with van der Waals surface area (Å²) in [5.41, 5.74) is -1.10. The van der Waals surface area contributed by atoms with Gasteiger partial charge in [0.2, 0.25) is 5.91 Å². The molecule has 2 heterocycles. The summed E-state index contributed by atoms with van der Waals surface area (Å²) >= 11 is 1.01. The van der Waals surface area contributed by atoms with Crippen molar-refractivity contribution in [3.63, 3.8) is 0 Å². The molecule has 1 aromatic heterocycles. The Balaban J connectivity index is 2.20. The second-order valence-corrected chi connectivity index (χ2v) is 5.68. The Morgan fingerprint density at radius 1 is 1.45 bits per heavy atom. The molecule has 0 aliphatic carbocycles. The minimum Gasteiger partial charge on any atom is -0.296 e. The molecule has 1 saturated heterocycles. The number of rotatable bonds is 2. The van der Waals surface area contributed by atoms with E-state index in [4.69, 9.17) is 0 Å². The predicted octanol–water partition coefficient (Wildman–Crippen LogP) is 1.88. The van der Waals surface area contributed by atoms with Crippen LogP contribution in [0.1, 0.15) is 19.0 Å². The first kappa shape index (κ1) is 14.8. The molecule has 20 heavy (non-hydrogen) atoms. The number of halogens is 3. The van der Waals surface area contributed by atoms with Crippen molar-refractivity contribution in [2.75, 3.05) is 11.4 Å². The van der Waals surface area contributed by atoms with Crippen molar-refractivity contribution < 1.29 is 22.8 Å². The summed E-state index contributed by atoms with van der Waals surface area (Å²) in [6.07, 6.45) is -3.71.